The summed E-state index contributed by atoms with van der Waals surface area (Å²) in [5, 5.41) is 0. The van der Waals surface area contributed by atoms with Gasteiger partial charge in [0, 0.05) is 12.1 Å². The summed E-state index contributed by atoms with van der Waals surface area (Å²) in [6, 6.07) is 5.24. The maximum Gasteiger partial charge on any atom is 0.307 e. The lowest BCUT2D eigenvalue weighted by Crippen LogP contribution is -2.33. The van der Waals surface area contributed by atoms with Gasteiger partial charge < -0.3 is 14.2 Å². The molecule has 0 unspecified atom stereocenters. The zero-order valence-corrected chi connectivity index (χ0v) is 15.7. The SMILES string of the molecule is COc1ccc(OC)c(COC(=O)CCN2C(=O)[C@@H]3CCCC[C@H]3C2=O)c1. The van der Waals surface area contributed by atoms with E-state index in [9.17, 15) is 14.4 Å². The van der Waals surface area contributed by atoms with E-state index in [1.807, 2.05) is 0 Å². The number of nitrogens with zero attached hydrogens (tertiary/aromatic N) is 1. The van der Waals surface area contributed by atoms with Crippen LogP contribution in [0, 0.1) is 11.8 Å². The van der Waals surface area contributed by atoms with Gasteiger partial charge in [0.05, 0.1) is 32.5 Å². The number of likely N-dealkylation sites (tertiary alicyclic amines) is 1. The Balaban J connectivity index is 1.53. The van der Waals surface area contributed by atoms with Gasteiger partial charge in [0.2, 0.25) is 11.8 Å². The molecule has 7 heteroatoms. The van der Waals surface area contributed by atoms with Crippen LogP contribution in [0.3, 0.4) is 0 Å². The molecule has 27 heavy (non-hydrogen) atoms. The first-order valence-corrected chi connectivity index (χ1v) is 9.27. The standard InChI is InChI=1S/C20H25NO6/c1-25-14-7-8-17(26-2)13(11-14)12-27-18(22)9-10-21-19(23)15-5-3-4-6-16(15)20(21)24/h7-8,11,15-16H,3-6,9-10,12H2,1-2H3/t15-,16-/m1/s1. The highest BCUT2D eigenvalue weighted by Crippen LogP contribution is 2.38. The smallest absolute Gasteiger partial charge is 0.307 e. The van der Waals surface area contributed by atoms with Gasteiger partial charge >= 0.3 is 5.97 Å². The van der Waals surface area contributed by atoms with Gasteiger partial charge in [-0.3, -0.25) is 19.3 Å². The van der Waals surface area contributed by atoms with E-state index in [4.69, 9.17) is 14.2 Å². The molecule has 0 N–H and O–H groups in total. The second-order valence-electron chi connectivity index (χ2n) is 6.91. The molecule has 3 rings (SSSR count). The molecular weight excluding hydrogens is 350 g/mol. The maximum atomic E-state index is 12.4. The Labute approximate surface area is 158 Å². The second-order valence-corrected chi connectivity index (χ2v) is 6.91. The van der Waals surface area contributed by atoms with E-state index >= 15 is 0 Å². The third-order valence-corrected chi connectivity index (χ3v) is 5.35. The summed E-state index contributed by atoms with van der Waals surface area (Å²) in [4.78, 5) is 38.2. The molecule has 146 valence electrons. The highest BCUT2D eigenvalue weighted by Gasteiger charge is 2.47. The number of amides is 2. The van der Waals surface area contributed by atoms with Gasteiger partial charge in [0.25, 0.3) is 0 Å². The molecule has 1 saturated heterocycles. The summed E-state index contributed by atoms with van der Waals surface area (Å²) in [6.07, 6.45) is 3.50. The van der Waals surface area contributed by atoms with Crippen molar-refractivity contribution in [1.29, 1.82) is 0 Å². The largest absolute Gasteiger partial charge is 0.497 e. The van der Waals surface area contributed by atoms with E-state index in [1.54, 1.807) is 25.3 Å². The number of imide groups is 1. The molecule has 0 radical (unpaired) electrons. The summed E-state index contributed by atoms with van der Waals surface area (Å²) in [5.41, 5.74) is 0.685. The molecule has 1 saturated carbocycles. The molecule has 1 aromatic rings. The van der Waals surface area contributed by atoms with Crippen molar-refractivity contribution in [2.75, 3.05) is 20.8 Å². The van der Waals surface area contributed by atoms with E-state index in [2.05, 4.69) is 0 Å². The Morgan fingerprint density at radius 2 is 1.74 bits per heavy atom. The van der Waals surface area contributed by atoms with E-state index in [-0.39, 0.29) is 43.2 Å². The van der Waals surface area contributed by atoms with Crippen molar-refractivity contribution in [2.45, 2.75) is 38.7 Å². The first-order chi connectivity index (χ1) is 13.0. The molecule has 2 amide bonds. The topological polar surface area (TPSA) is 82.1 Å². The van der Waals surface area contributed by atoms with Gasteiger partial charge in [-0.2, -0.15) is 0 Å². The van der Waals surface area contributed by atoms with E-state index < -0.39 is 5.97 Å². The normalized spacial score (nSPS) is 21.8. The zero-order valence-electron chi connectivity index (χ0n) is 15.7. The molecular formula is C20H25NO6. The van der Waals surface area contributed by atoms with Crippen LogP contribution in [-0.2, 0) is 25.7 Å². The van der Waals surface area contributed by atoms with Gasteiger partial charge in [0.1, 0.15) is 18.1 Å². The number of hydrogen-bond donors (Lipinski definition) is 0. The Bertz CT molecular complexity index is 707. The number of ether oxygens (including phenoxy) is 3. The van der Waals surface area contributed by atoms with Crippen molar-refractivity contribution in [2.24, 2.45) is 11.8 Å². The number of benzene rings is 1. The molecule has 1 aromatic carbocycles. The van der Waals surface area contributed by atoms with Crippen LogP contribution in [-0.4, -0.2) is 43.4 Å². The Morgan fingerprint density at radius 1 is 1.07 bits per heavy atom. The molecule has 2 fully saturated rings. The minimum Gasteiger partial charge on any atom is -0.497 e. The van der Waals surface area contributed by atoms with Gasteiger partial charge in [-0.05, 0) is 31.0 Å². The first-order valence-electron chi connectivity index (χ1n) is 9.27. The Kier molecular flexibility index (Phi) is 5.98. The van der Waals surface area contributed by atoms with E-state index in [0.29, 0.717) is 17.1 Å². The highest BCUT2D eigenvalue weighted by molar-refractivity contribution is 6.05. The van der Waals surface area contributed by atoms with Crippen LogP contribution in [0.4, 0.5) is 0 Å². The quantitative estimate of drug-likeness (QED) is 0.537. The van der Waals surface area contributed by atoms with Crippen LogP contribution in [0.1, 0.15) is 37.7 Å². The zero-order chi connectivity index (χ0) is 19.4. The molecule has 1 heterocycles. The Morgan fingerprint density at radius 3 is 2.33 bits per heavy atom. The lowest BCUT2D eigenvalue weighted by atomic mass is 9.81. The minimum atomic E-state index is -0.463. The summed E-state index contributed by atoms with van der Waals surface area (Å²) in [7, 11) is 3.09. The number of fused-ring (bicyclic) bond motifs is 1. The minimum absolute atomic E-state index is 0.0107. The molecule has 1 aliphatic heterocycles. The first kappa shape index (κ1) is 19.2. The molecule has 2 atom stereocenters. The molecule has 0 bridgehead atoms. The van der Waals surface area contributed by atoms with Gasteiger partial charge in [-0.1, -0.05) is 12.8 Å². The van der Waals surface area contributed by atoms with Crippen LogP contribution in [0.2, 0.25) is 0 Å². The van der Waals surface area contributed by atoms with Crippen LogP contribution in [0.25, 0.3) is 0 Å². The summed E-state index contributed by atoms with van der Waals surface area (Å²) >= 11 is 0. The summed E-state index contributed by atoms with van der Waals surface area (Å²) in [6.45, 7) is 0.116. The van der Waals surface area contributed by atoms with E-state index in [1.165, 1.54) is 12.0 Å². The fraction of sp³-hybridized carbons (Fsp3) is 0.550. The summed E-state index contributed by atoms with van der Waals surface area (Å²) < 4.78 is 15.7. The average Bonchev–Trinajstić information content (AvgIpc) is 2.95. The van der Waals surface area contributed by atoms with Crippen molar-refractivity contribution in [3.05, 3.63) is 23.8 Å². The Hall–Kier alpha value is -2.57. The maximum absolute atomic E-state index is 12.4. The summed E-state index contributed by atoms with van der Waals surface area (Å²) in [5.74, 6) is 0.121. The van der Waals surface area contributed by atoms with E-state index in [0.717, 1.165) is 25.7 Å². The van der Waals surface area contributed by atoms with Crippen LogP contribution >= 0.6 is 0 Å². The number of hydrogen-bond acceptors (Lipinski definition) is 6. The number of methoxy groups -OCH3 is 2. The van der Waals surface area contributed by atoms with Crippen molar-refractivity contribution < 1.29 is 28.6 Å². The van der Waals surface area contributed by atoms with Crippen LogP contribution < -0.4 is 9.47 Å². The van der Waals surface area contributed by atoms with Gasteiger partial charge in [-0.25, -0.2) is 0 Å². The number of esters is 1. The molecule has 2 aliphatic rings. The third kappa shape index (κ3) is 4.07. The molecule has 0 aromatic heterocycles. The van der Waals surface area contributed by atoms with Crippen molar-refractivity contribution in [3.8, 4) is 11.5 Å². The third-order valence-electron chi connectivity index (χ3n) is 5.35. The highest BCUT2D eigenvalue weighted by atomic mass is 16.5. The number of carbonyl (C=O) groups excluding carboxylic acids is 3. The van der Waals surface area contributed by atoms with Crippen LogP contribution in [0.15, 0.2) is 18.2 Å². The van der Waals surface area contributed by atoms with Crippen molar-refractivity contribution in [3.63, 3.8) is 0 Å². The fourth-order valence-electron chi connectivity index (χ4n) is 3.88. The van der Waals surface area contributed by atoms with Crippen molar-refractivity contribution in [1.82, 2.24) is 4.90 Å². The predicted octanol–water partition coefficient (Wildman–Crippen LogP) is 2.31. The monoisotopic (exact) mass is 375 g/mol. The second kappa shape index (κ2) is 8.41. The fourth-order valence-corrected chi connectivity index (χ4v) is 3.88. The molecule has 7 nitrogen and oxygen atoms in total. The average molecular weight is 375 g/mol. The van der Waals surface area contributed by atoms with Crippen LogP contribution in [0.5, 0.6) is 11.5 Å². The van der Waals surface area contributed by atoms with Crippen molar-refractivity contribution >= 4 is 17.8 Å². The van der Waals surface area contributed by atoms with Gasteiger partial charge in [0.15, 0.2) is 0 Å². The molecule has 0 spiro atoms. The number of rotatable bonds is 7. The lowest BCUT2D eigenvalue weighted by Gasteiger charge is -2.19. The number of carbonyl (C=O) groups is 3. The molecule has 1 aliphatic carbocycles. The lowest BCUT2D eigenvalue weighted by molar-refractivity contribution is -0.146. The predicted molar refractivity (Wildman–Crippen MR) is 96.1 cm³/mol. The van der Waals surface area contributed by atoms with Gasteiger partial charge in [-0.15, -0.1) is 0 Å².